The van der Waals surface area contributed by atoms with E-state index in [9.17, 15) is 18.0 Å². The molecule has 8 heteroatoms. The summed E-state index contributed by atoms with van der Waals surface area (Å²) in [6.07, 6.45) is -0.0446. The highest BCUT2D eigenvalue weighted by Gasteiger charge is 2.39. The maximum Gasteiger partial charge on any atom is 0.339 e. The molecule has 0 amide bonds. The average molecular weight is 403 g/mol. The molecular formula is C21H20F3N3O2. The highest BCUT2D eigenvalue weighted by molar-refractivity contribution is 6.03. The number of esters is 1. The maximum atomic E-state index is 14.4. The summed E-state index contributed by atoms with van der Waals surface area (Å²) in [4.78, 5) is 22.6. The quantitative estimate of drug-likeness (QED) is 0.728. The lowest BCUT2D eigenvalue weighted by atomic mass is 10.0. The minimum absolute atomic E-state index is 0.000435. The van der Waals surface area contributed by atoms with Crippen molar-refractivity contribution in [2.75, 3.05) is 6.54 Å². The average Bonchev–Trinajstić information content (AvgIpc) is 3.25. The van der Waals surface area contributed by atoms with Crippen LogP contribution >= 0.6 is 0 Å². The van der Waals surface area contributed by atoms with Gasteiger partial charge in [0.05, 0.1) is 36.5 Å². The number of carbonyl (C=O) groups is 1. The first-order valence-electron chi connectivity index (χ1n) is 9.44. The van der Waals surface area contributed by atoms with Gasteiger partial charge in [0.1, 0.15) is 23.6 Å². The molecule has 152 valence electrons. The predicted octanol–water partition coefficient (Wildman–Crippen LogP) is 3.97. The number of alkyl halides is 1. The Labute approximate surface area is 166 Å². The Kier molecular flexibility index (Phi) is 5.02. The van der Waals surface area contributed by atoms with Crippen LogP contribution in [0, 0.1) is 11.6 Å². The van der Waals surface area contributed by atoms with Crippen molar-refractivity contribution in [2.24, 2.45) is 4.99 Å². The Morgan fingerprint density at radius 2 is 2.07 bits per heavy atom. The topological polar surface area (TPSA) is 54.8 Å². The van der Waals surface area contributed by atoms with Gasteiger partial charge in [-0.05, 0) is 38.1 Å². The minimum Gasteiger partial charge on any atom is -0.459 e. The summed E-state index contributed by atoms with van der Waals surface area (Å²) in [5.74, 6) is -1.26. The van der Waals surface area contributed by atoms with Crippen molar-refractivity contribution in [1.29, 1.82) is 0 Å². The third-order valence-corrected chi connectivity index (χ3v) is 5.01. The Bertz CT molecular complexity index is 993. The number of carbonyl (C=O) groups excluding carboxylic acids is 1. The number of fused-ring (bicyclic) bond motifs is 1. The fourth-order valence-electron chi connectivity index (χ4n) is 3.77. The molecule has 4 rings (SSSR count). The first-order chi connectivity index (χ1) is 13.8. The van der Waals surface area contributed by atoms with Crippen LogP contribution in [0.4, 0.5) is 13.2 Å². The number of pyridine rings is 1. The number of amidine groups is 1. The molecule has 5 nitrogen and oxygen atoms in total. The van der Waals surface area contributed by atoms with Crippen LogP contribution < -0.4 is 0 Å². The third-order valence-electron chi connectivity index (χ3n) is 5.01. The second kappa shape index (κ2) is 7.50. The van der Waals surface area contributed by atoms with Crippen molar-refractivity contribution in [2.45, 2.75) is 45.1 Å². The molecule has 0 bridgehead atoms. The largest absolute Gasteiger partial charge is 0.459 e. The molecule has 2 aliphatic heterocycles. The molecular weight excluding hydrogens is 383 g/mol. The van der Waals surface area contributed by atoms with E-state index in [0.29, 0.717) is 17.1 Å². The van der Waals surface area contributed by atoms with Crippen LogP contribution in [0.15, 0.2) is 35.5 Å². The van der Waals surface area contributed by atoms with Gasteiger partial charge >= 0.3 is 5.97 Å². The zero-order valence-corrected chi connectivity index (χ0v) is 16.0. The van der Waals surface area contributed by atoms with Gasteiger partial charge in [0.25, 0.3) is 0 Å². The van der Waals surface area contributed by atoms with Crippen LogP contribution in [0.2, 0.25) is 0 Å². The van der Waals surface area contributed by atoms with E-state index in [1.54, 1.807) is 24.8 Å². The van der Waals surface area contributed by atoms with E-state index in [-0.39, 0.29) is 36.7 Å². The van der Waals surface area contributed by atoms with E-state index in [1.165, 1.54) is 6.20 Å². The van der Waals surface area contributed by atoms with Gasteiger partial charge in [0.15, 0.2) is 0 Å². The third kappa shape index (κ3) is 3.71. The molecule has 0 spiro atoms. The molecule has 1 aromatic carbocycles. The highest BCUT2D eigenvalue weighted by atomic mass is 19.1. The van der Waals surface area contributed by atoms with Gasteiger partial charge in [-0.1, -0.05) is 0 Å². The number of likely N-dealkylation sites (tertiary alicyclic amines) is 1. The number of benzene rings is 1. The summed E-state index contributed by atoms with van der Waals surface area (Å²) in [6, 6.07) is 4.08. The molecule has 0 N–H and O–H groups in total. The number of nitrogens with zero attached hydrogens (tertiary/aromatic N) is 3. The number of hydrogen-bond donors (Lipinski definition) is 0. The summed E-state index contributed by atoms with van der Waals surface area (Å²) >= 11 is 0. The van der Waals surface area contributed by atoms with Gasteiger partial charge in [-0.2, -0.15) is 0 Å². The lowest BCUT2D eigenvalue weighted by Crippen LogP contribution is -2.32. The van der Waals surface area contributed by atoms with Crippen molar-refractivity contribution >= 4 is 11.8 Å². The maximum absolute atomic E-state index is 14.4. The predicted molar refractivity (Wildman–Crippen MR) is 100 cm³/mol. The van der Waals surface area contributed by atoms with Crippen molar-refractivity contribution in [3.8, 4) is 0 Å². The normalized spacial score (nSPS) is 20.8. The summed E-state index contributed by atoms with van der Waals surface area (Å²) < 4.78 is 47.6. The molecule has 2 aliphatic rings. The number of rotatable bonds is 3. The van der Waals surface area contributed by atoms with Crippen LogP contribution in [0.3, 0.4) is 0 Å². The van der Waals surface area contributed by atoms with E-state index in [2.05, 4.69) is 9.98 Å². The zero-order chi connectivity index (χ0) is 20.7. The summed E-state index contributed by atoms with van der Waals surface area (Å²) in [6.45, 7) is 3.76. The number of hydrogen-bond acceptors (Lipinski definition) is 5. The van der Waals surface area contributed by atoms with Gasteiger partial charge < -0.3 is 9.64 Å². The number of ether oxygens (including phenoxy) is 1. The molecule has 2 atom stereocenters. The van der Waals surface area contributed by atoms with E-state index in [1.807, 2.05) is 0 Å². The summed E-state index contributed by atoms with van der Waals surface area (Å²) in [5.41, 5.74) is 1.57. The van der Waals surface area contributed by atoms with Crippen LogP contribution in [0.25, 0.3) is 0 Å². The first-order valence-corrected chi connectivity index (χ1v) is 9.44. The van der Waals surface area contributed by atoms with Gasteiger partial charge in [-0.25, -0.2) is 18.0 Å². The Balaban J connectivity index is 1.69. The SMILES string of the molecule is CC(C)OC(=O)c1cnc2c(c1)C(N1C[C@@H](F)C[C@@H]1c1cc(F)ccc1F)=NC2. The first kappa shape index (κ1) is 19.4. The second-order valence-electron chi connectivity index (χ2n) is 7.48. The van der Waals surface area contributed by atoms with Crippen LogP contribution in [0.1, 0.15) is 53.5 Å². The fraction of sp³-hybridized carbons (Fsp3) is 0.381. The molecule has 2 aromatic rings. The van der Waals surface area contributed by atoms with Crippen molar-refractivity contribution in [1.82, 2.24) is 9.88 Å². The van der Waals surface area contributed by atoms with Crippen LogP contribution in [-0.4, -0.2) is 40.5 Å². The molecule has 29 heavy (non-hydrogen) atoms. The molecule has 0 radical (unpaired) electrons. The zero-order valence-electron chi connectivity index (χ0n) is 16.0. The summed E-state index contributed by atoms with van der Waals surface area (Å²) in [5, 5.41) is 0. The molecule has 1 aromatic heterocycles. The van der Waals surface area contributed by atoms with Crippen LogP contribution in [-0.2, 0) is 11.3 Å². The summed E-state index contributed by atoms with van der Waals surface area (Å²) in [7, 11) is 0. The Morgan fingerprint density at radius 1 is 1.28 bits per heavy atom. The molecule has 1 saturated heterocycles. The number of aromatic nitrogens is 1. The van der Waals surface area contributed by atoms with Crippen molar-refractivity contribution in [3.05, 3.63) is 64.5 Å². The van der Waals surface area contributed by atoms with E-state index < -0.39 is 29.8 Å². The van der Waals surface area contributed by atoms with Crippen molar-refractivity contribution < 1.29 is 22.7 Å². The molecule has 3 heterocycles. The standard InChI is InChI=1S/C21H20F3N3O2/c1-11(2)29-21(28)12-5-16-18(25-8-12)9-26-20(16)27-10-14(23)7-19(27)15-6-13(22)3-4-17(15)24/h3-6,8,11,14,19H,7,9-10H2,1-2H3/t14-,19+/m0/s1. The van der Waals surface area contributed by atoms with Gasteiger partial charge in [-0.3, -0.25) is 9.98 Å². The molecule has 0 aliphatic carbocycles. The lowest BCUT2D eigenvalue weighted by molar-refractivity contribution is 0.0377. The van der Waals surface area contributed by atoms with Gasteiger partial charge in [0, 0.05) is 23.7 Å². The lowest BCUT2D eigenvalue weighted by Gasteiger charge is -2.27. The van der Waals surface area contributed by atoms with Crippen LogP contribution in [0.5, 0.6) is 0 Å². The Hall–Kier alpha value is -2.90. The smallest absolute Gasteiger partial charge is 0.339 e. The van der Waals surface area contributed by atoms with Gasteiger partial charge in [-0.15, -0.1) is 0 Å². The number of aliphatic imine (C=N–C) groups is 1. The number of halogens is 3. The minimum atomic E-state index is -1.21. The Morgan fingerprint density at radius 3 is 2.83 bits per heavy atom. The molecule has 0 saturated carbocycles. The second-order valence-corrected chi connectivity index (χ2v) is 7.48. The van der Waals surface area contributed by atoms with E-state index in [4.69, 9.17) is 4.74 Å². The molecule has 1 fully saturated rings. The fourth-order valence-corrected chi connectivity index (χ4v) is 3.77. The monoisotopic (exact) mass is 403 g/mol. The van der Waals surface area contributed by atoms with Crippen molar-refractivity contribution in [3.63, 3.8) is 0 Å². The van der Waals surface area contributed by atoms with E-state index >= 15 is 0 Å². The van der Waals surface area contributed by atoms with E-state index in [0.717, 1.165) is 18.2 Å². The molecule has 0 unspecified atom stereocenters. The van der Waals surface area contributed by atoms with Gasteiger partial charge in [0.2, 0.25) is 0 Å². The highest BCUT2D eigenvalue weighted by Crippen LogP contribution is 2.38.